The van der Waals surface area contributed by atoms with Crippen LogP contribution in [-0.2, 0) is 14.3 Å². The second-order valence-electron chi connectivity index (χ2n) is 8.48. The Hall–Kier alpha value is -2.34. The van der Waals surface area contributed by atoms with Gasteiger partial charge >= 0.3 is 5.97 Å². The molecule has 2 aliphatic carbocycles. The zero-order valence-electron chi connectivity index (χ0n) is 18.0. The summed E-state index contributed by atoms with van der Waals surface area (Å²) in [7, 11) is 3.00. The number of ether oxygens (including phenoxy) is 2. The van der Waals surface area contributed by atoms with Crippen molar-refractivity contribution in [3.05, 3.63) is 41.0 Å². The van der Waals surface area contributed by atoms with Crippen molar-refractivity contribution in [1.29, 1.82) is 0 Å². The van der Waals surface area contributed by atoms with Crippen LogP contribution in [0.2, 0.25) is 0 Å². The fraction of sp³-hybridized carbons (Fsp3) is 0.583. The highest BCUT2D eigenvalue weighted by Gasteiger charge is 2.45. The highest BCUT2D eigenvalue weighted by Crippen LogP contribution is 2.40. The maximum absolute atomic E-state index is 13.4. The zero-order valence-corrected chi connectivity index (χ0v) is 18.0. The number of amides is 1. The van der Waals surface area contributed by atoms with E-state index in [2.05, 4.69) is 5.32 Å². The predicted molar refractivity (Wildman–Crippen MR) is 114 cm³/mol. The Bertz CT molecular complexity index is 828. The lowest BCUT2D eigenvalue weighted by Crippen LogP contribution is -2.53. The minimum Gasteiger partial charge on any atom is -0.496 e. The summed E-state index contributed by atoms with van der Waals surface area (Å²) in [5.41, 5.74) is 2.86. The van der Waals surface area contributed by atoms with E-state index in [4.69, 9.17) is 9.47 Å². The van der Waals surface area contributed by atoms with Crippen molar-refractivity contribution in [2.24, 2.45) is 0 Å². The van der Waals surface area contributed by atoms with Crippen molar-refractivity contribution in [2.75, 3.05) is 14.2 Å². The van der Waals surface area contributed by atoms with Crippen molar-refractivity contribution in [3.8, 4) is 5.75 Å². The van der Waals surface area contributed by atoms with E-state index in [0.717, 1.165) is 62.5 Å². The van der Waals surface area contributed by atoms with Gasteiger partial charge in [-0.25, -0.2) is 4.79 Å². The molecule has 2 atom stereocenters. The fourth-order valence-electron chi connectivity index (χ4n) is 5.30. The Kier molecular flexibility index (Phi) is 6.42. The van der Waals surface area contributed by atoms with Gasteiger partial charge in [-0.05, 0) is 50.2 Å². The summed E-state index contributed by atoms with van der Waals surface area (Å²) in [4.78, 5) is 28.3. The van der Waals surface area contributed by atoms with Gasteiger partial charge in [0.2, 0.25) is 0 Å². The lowest BCUT2D eigenvalue weighted by Gasteiger charge is -2.38. The van der Waals surface area contributed by atoms with Crippen LogP contribution in [0.5, 0.6) is 5.75 Å². The van der Waals surface area contributed by atoms with E-state index in [1.165, 1.54) is 19.1 Å². The summed E-state index contributed by atoms with van der Waals surface area (Å²) in [6, 6.07) is 7.02. The molecule has 1 fully saturated rings. The van der Waals surface area contributed by atoms with Gasteiger partial charge in [0.05, 0.1) is 14.2 Å². The molecule has 6 nitrogen and oxygen atoms in total. The van der Waals surface area contributed by atoms with Crippen LogP contribution in [0.25, 0.3) is 0 Å². The van der Waals surface area contributed by atoms with Gasteiger partial charge in [-0.2, -0.15) is 0 Å². The highest BCUT2D eigenvalue weighted by atomic mass is 16.5. The van der Waals surface area contributed by atoms with Crippen LogP contribution in [0, 0.1) is 0 Å². The summed E-state index contributed by atoms with van der Waals surface area (Å²) in [6.45, 7) is 0. The molecule has 0 bridgehead atoms. The molecule has 1 aliphatic heterocycles. The van der Waals surface area contributed by atoms with E-state index in [-0.39, 0.29) is 24.1 Å². The van der Waals surface area contributed by atoms with Crippen molar-refractivity contribution in [1.82, 2.24) is 10.2 Å². The Morgan fingerprint density at radius 1 is 1.07 bits per heavy atom. The van der Waals surface area contributed by atoms with Crippen molar-refractivity contribution >= 4 is 11.9 Å². The molecule has 1 aromatic rings. The minimum absolute atomic E-state index is 0.165. The molecule has 30 heavy (non-hydrogen) atoms. The number of methoxy groups -OCH3 is 2. The lowest BCUT2D eigenvalue weighted by atomic mass is 9.91. The van der Waals surface area contributed by atoms with Gasteiger partial charge in [-0.1, -0.05) is 37.5 Å². The Balaban J connectivity index is 1.70. The Morgan fingerprint density at radius 3 is 2.53 bits per heavy atom. The van der Waals surface area contributed by atoms with Gasteiger partial charge in [0.25, 0.3) is 5.91 Å². The summed E-state index contributed by atoms with van der Waals surface area (Å²) in [5, 5.41) is 3.53. The topological polar surface area (TPSA) is 67.9 Å². The number of carbonyl (C=O) groups excluding carboxylic acids is 2. The number of hydrogen-bond donors (Lipinski definition) is 1. The van der Waals surface area contributed by atoms with Gasteiger partial charge in [-0.3, -0.25) is 10.1 Å². The van der Waals surface area contributed by atoms with Gasteiger partial charge in [0.15, 0.2) is 0 Å². The number of nitrogens with zero attached hydrogens (tertiary/aromatic N) is 1. The molecule has 0 spiro atoms. The summed E-state index contributed by atoms with van der Waals surface area (Å²) >= 11 is 0. The molecule has 4 rings (SSSR count). The SMILES string of the molecule is COC(=O)[C@@H](N[C@H]1C2=C(CCCC2)C(=O)N1C1CCCCC1)c1ccccc1OC. The van der Waals surface area contributed by atoms with Crippen LogP contribution in [0.1, 0.15) is 69.4 Å². The van der Waals surface area contributed by atoms with Crippen LogP contribution >= 0.6 is 0 Å². The minimum atomic E-state index is -0.705. The number of carbonyl (C=O) groups is 2. The molecule has 1 N–H and O–H groups in total. The van der Waals surface area contributed by atoms with Gasteiger partial charge in [0, 0.05) is 17.2 Å². The first-order chi connectivity index (χ1) is 14.7. The third-order valence-corrected chi connectivity index (χ3v) is 6.79. The monoisotopic (exact) mass is 412 g/mol. The first-order valence-corrected chi connectivity index (χ1v) is 11.2. The van der Waals surface area contributed by atoms with E-state index < -0.39 is 6.04 Å². The highest BCUT2D eigenvalue weighted by molar-refractivity contribution is 5.98. The molecule has 1 aromatic carbocycles. The number of para-hydroxylation sites is 1. The average Bonchev–Trinajstić information content (AvgIpc) is 3.09. The summed E-state index contributed by atoms with van der Waals surface area (Å²) < 4.78 is 10.7. The second-order valence-corrected chi connectivity index (χ2v) is 8.48. The number of rotatable bonds is 6. The predicted octanol–water partition coefficient (Wildman–Crippen LogP) is 3.87. The molecule has 1 amide bonds. The Morgan fingerprint density at radius 2 is 1.80 bits per heavy atom. The fourth-order valence-corrected chi connectivity index (χ4v) is 5.30. The molecular weight excluding hydrogens is 380 g/mol. The van der Waals surface area contributed by atoms with E-state index in [9.17, 15) is 9.59 Å². The Labute approximate surface area is 178 Å². The van der Waals surface area contributed by atoms with Crippen LogP contribution in [-0.4, -0.2) is 43.2 Å². The van der Waals surface area contributed by atoms with E-state index in [1.54, 1.807) is 7.11 Å². The number of hydrogen-bond acceptors (Lipinski definition) is 5. The molecular formula is C24H32N2O4. The third kappa shape index (κ3) is 3.85. The van der Waals surface area contributed by atoms with Crippen LogP contribution < -0.4 is 10.1 Å². The molecule has 0 unspecified atom stereocenters. The largest absolute Gasteiger partial charge is 0.496 e. The van der Waals surface area contributed by atoms with Crippen molar-refractivity contribution in [3.63, 3.8) is 0 Å². The second kappa shape index (κ2) is 9.21. The maximum atomic E-state index is 13.4. The zero-order chi connectivity index (χ0) is 21.1. The third-order valence-electron chi connectivity index (χ3n) is 6.79. The quantitative estimate of drug-likeness (QED) is 0.719. The summed E-state index contributed by atoms with van der Waals surface area (Å²) in [5.74, 6) is 0.421. The molecule has 6 heteroatoms. The number of nitrogens with one attached hydrogen (secondary N) is 1. The average molecular weight is 413 g/mol. The standard InChI is InChI=1S/C24H32N2O4/c1-29-20-15-9-8-14-19(20)21(24(28)30-2)25-22-17-12-6-7-13-18(17)23(27)26(22)16-10-4-3-5-11-16/h8-9,14-16,21-22,25H,3-7,10-13H2,1-2H3/t21-,22+/m0/s1. The van der Waals surface area contributed by atoms with E-state index in [1.807, 2.05) is 29.2 Å². The van der Waals surface area contributed by atoms with Crippen LogP contribution in [0.4, 0.5) is 0 Å². The molecule has 0 saturated heterocycles. The van der Waals surface area contributed by atoms with E-state index in [0.29, 0.717) is 5.75 Å². The number of esters is 1. The van der Waals surface area contributed by atoms with Gasteiger partial charge in [0.1, 0.15) is 18.0 Å². The van der Waals surface area contributed by atoms with Crippen molar-refractivity contribution in [2.45, 2.75) is 76.0 Å². The van der Waals surface area contributed by atoms with Crippen molar-refractivity contribution < 1.29 is 19.1 Å². The first kappa shape index (κ1) is 20.9. The molecule has 1 saturated carbocycles. The number of benzene rings is 1. The van der Waals surface area contributed by atoms with Crippen LogP contribution in [0.15, 0.2) is 35.4 Å². The first-order valence-electron chi connectivity index (χ1n) is 11.2. The van der Waals surface area contributed by atoms with E-state index >= 15 is 0 Å². The molecule has 0 radical (unpaired) electrons. The maximum Gasteiger partial charge on any atom is 0.327 e. The van der Waals surface area contributed by atoms with Gasteiger partial charge < -0.3 is 14.4 Å². The molecule has 0 aromatic heterocycles. The van der Waals surface area contributed by atoms with Crippen LogP contribution in [0.3, 0.4) is 0 Å². The summed E-state index contributed by atoms with van der Waals surface area (Å²) in [6.07, 6.45) is 9.22. The lowest BCUT2D eigenvalue weighted by molar-refractivity contribution is -0.145. The smallest absolute Gasteiger partial charge is 0.327 e. The molecule has 1 heterocycles. The normalized spacial score (nSPS) is 23.3. The van der Waals surface area contributed by atoms with Gasteiger partial charge in [-0.15, -0.1) is 0 Å². The molecule has 3 aliphatic rings. The molecule has 162 valence electrons.